The number of carbonyl (C=O) groups is 3. The molecule has 0 unspecified atom stereocenters. The third kappa shape index (κ3) is 6.61. The van der Waals surface area contributed by atoms with E-state index >= 15 is 0 Å². The zero-order valence-electron chi connectivity index (χ0n) is 20.5. The first kappa shape index (κ1) is 25.7. The largest absolute Gasteiger partial charge is 0.457 e. The zero-order valence-corrected chi connectivity index (χ0v) is 20.5. The van der Waals surface area contributed by atoms with Gasteiger partial charge in [0, 0.05) is 26.1 Å². The summed E-state index contributed by atoms with van der Waals surface area (Å²) >= 11 is 0. The van der Waals surface area contributed by atoms with Crippen LogP contribution < -0.4 is 10.1 Å². The molecular formula is C27H33N3O6. The Morgan fingerprint density at radius 1 is 1.11 bits per heavy atom. The van der Waals surface area contributed by atoms with E-state index in [1.54, 1.807) is 4.90 Å². The van der Waals surface area contributed by atoms with E-state index < -0.39 is 6.04 Å². The van der Waals surface area contributed by atoms with Crippen molar-refractivity contribution in [1.82, 2.24) is 15.1 Å². The van der Waals surface area contributed by atoms with Gasteiger partial charge in [0.15, 0.2) is 0 Å². The molecule has 2 aliphatic rings. The van der Waals surface area contributed by atoms with Crippen LogP contribution in [-0.4, -0.2) is 77.6 Å². The molecule has 9 heteroatoms. The lowest BCUT2D eigenvalue weighted by Gasteiger charge is -2.39. The van der Waals surface area contributed by atoms with Gasteiger partial charge in [-0.15, -0.1) is 0 Å². The molecule has 36 heavy (non-hydrogen) atoms. The van der Waals surface area contributed by atoms with Crippen molar-refractivity contribution in [3.05, 3.63) is 59.7 Å². The van der Waals surface area contributed by atoms with Crippen LogP contribution >= 0.6 is 0 Å². The Morgan fingerprint density at radius 2 is 1.83 bits per heavy atom. The third-order valence-electron chi connectivity index (χ3n) is 6.50. The number of hydrogen-bond donors (Lipinski definition) is 2. The Morgan fingerprint density at radius 3 is 2.56 bits per heavy atom. The zero-order chi connectivity index (χ0) is 25.5. The number of nitrogens with one attached hydrogen (secondary N) is 1. The van der Waals surface area contributed by atoms with Crippen molar-refractivity contribution in [2.75, 3.05) is 32.8 Å². The number of benzene rings is 2. The maximum Gasteiger partial charge on any atom is 0.239 e. The molecule has 1 fully saturated rings. The summed E-state index contributed by atoms with van der Waals surface area (Å²) in [6.07, 6.45) is 0.420. The minimum atomic E-state index is -0.437. The van der Waals surface area contributed by atoms with Crippen molar-refractivity contribution in [3.63, 3.8) is 0 Å². The number of amides is 3. The van der Waals surface area contributed by atoms with Gasteiger partial charge in [0.25, 0.3) is 0 Å². The molecule has 0 spiro atoms. The number of aliphatic hydroxyl groups excluding tert-OH is 1. The molecule has 9 nitrogen and oxygen atoms in total. The van der Waals surface area contributed by atoms with Gasteiger partial charge in [0.05, 0.1) is 38.3 Å². The summed E-state index contributed by atoms with van der Waals surface area (Å²) in [5, 5.41) is 12.2. The lowest BCUT2D eigenvalue weighted by molar-refractivity contribution is -0.139. The van der Waals surface area contributed by atoms with E-state index in [9.17, 15) is 14.4 Å². The number of ether oxygens (including phenoxy) is 2. The minimum absolute atomic E-state index is 0.0395. The molecule has 0 aromatic heterocycles. The average Bonchev–Trinajstić information content (AvgIpc) is 2.86. The highest BCUT2D eigenvalue weighted by Crippen LogP contribution is 2.25. The van der Waals surface area contributed by atoms with Gasteiger partial charge in [-0.05, 0) is 48.7 Å². The van der Waals surface area contributed by atoms with Gasteiger partial charge in [-0.1, -0.05) is 24.3 Å². The standard InChI is InChI=1S/C27H33N3O6/c1-2-29-17-25(32)28-23-16-30(26(33)10-12-31)11-9-24(23)35-18-20-6-4-8-22(14-20)36-21-7-3-5-19(13-21)15-27(29)34/h3-8,13-14,23-24,31H,2,9-12,15-18H2,1H3,(H,28,32)/t23-,24-/m0/s1. The molecule has 192 valence electrons. The summed E-state index contributed by atoms with van der Waals surface area (Å²) in [7, 11) is 0. The van der Waals surface area contributed by atoms with Crippen LogP contribution in [0.1, 0.15) is 30.9 Å². The molecular weight excluding hydrogens is 462 g/mol. The van der Waals surface area contributed by atoms with Crippen molar-refractivity contribution in [2.24, 2.45) is 0 Å². The molecule has 3 amide bonds. The van der Waals surface area contributed by atoms with Gasteiger partial charge in [-0.3, -0.25) is 14.4 Å². The Hall–Kier alpha value is -3.43. The topological polar surface area (TPSA) is 108 Å². The van der Waals surface area contributed by atoms with Crippen LogP contribution in [0.15, 0.2) is 48.5 Å². The fourth-order valence-electron chi connectivity index (χ4n) is 4.59. The van der Waals surface area contributed by atoms with Crippen LogP contribution in [0.4, 0.5) is 0 Å². The fraction of sp³-hybridized carbons (Fsp3) is 0.444. The Balaban J connectivity index is 1.60. The smallest absolute Gasteiger partial charge is 0.239 e. The third-order valence-corrected chi connectivity index (χ3v) is 6.50. The number of likely N-dealkylation sites (tertiary alicyclic amines) is 1. The van der Waals surface area contributed by atoms with Crippen LogP contribution in [-0.2, 0) is 32.1 Å². The van der Waals surface area contributed by atoms with Gasteiger partial charge in [0.1, 0.15) is 11.5 Å². The van der Waals surface area contributed by atoms with Crippen LogP contribution in [0, 0.1) is 0 Å². The van der Waals surface area contributed by atoms with E-state index in [2.05, 4.69) is 5.32 Å². The first-order valence-corrected chi connectivity index (χ1v) is 12.4. The second kappa shape index (κ2) is 12.0. The second-order valence-electron chi connectivity index (χ2n) is 9.11. The molecule has 0 radical (unpaired) electrons. The molecule has 4 rings (SSSR count). The van der Waals surface area contributed by atoms with Crippen LogP contribution in [0.2, 0.25) is 0 Å². The van der Waals surface area contributed by atoms with Crippen LogP contribution in [0.5, 0.6) is 11.5 Å². The van der Waals surface area contributed by atoms with Crippen molar-refractivity contribution >= 4 is 17.7 Å². The highest BCUT2D eigenvalue weighted by molar-refractivity contribution is 5.86. The molecule has 2 N–H and O–H groups in total. The second-order valence-corrected chi connectivity index (χ2v) is 9.11. The van der Waals surface area contributed by atoms with E-state index in [-0.39, 0.29) is 56.4 Å². The molecule has 0 saturated carbocycles. The fourth-order valence-corrected chi connectivity index (χ4v) is 4.59. The number of piperidine rings is 1. The van der Waals surface area contributed by atoms with E-state index in [1.807, 2.05) is 55.5 Å². The number of nitrogens with zero attached hydrogens (tertiary/aromatic N) is 2. The predicted molar refractivity (Wildman–Crippen MR) is 132 cm³/mol. The van der Waals surface area contributed by atoms with Gasteiger partial charge in [0.2, 0.25) is 17.7 Å². The first-order valence-electron chi connectivity index (χ1n) is 12.4. The molecule has 2 atom stereocenters. The quantitative estimate of drug-likeness (QED) is 0.673. The highest BCUT2D eigenvalue weighted by atomic mass is 16.5. The van der Waals surface area contributed by atoms with Gasteiger partial charge in [-0.2, -0.15) is 0 Å². The SMILES string of the molecule is CCN1CC(=O)N[C@H]2CN(C(=O)CCO)CC[C@@H]2OCc2cccc(c2)Oc2cccc(c2)CC1=O. The summed E-state index contributed by atoms with van der Waals surface area (Å²) in [4.78, 5) is 41.5. The van der Waals surface area contributed by atoms with Crippen molar-refractivity contribution in [3.8, 4) is 11.5 Å². The molecule has 4 bridgehead atoms. The Bertz CT molecular complexity index is 1090. The maximum atomic E-state index is 13.0. The van der Waals surface area contributed by atoms with Gasteiger partial charge < -0.3 is 29.7 Å². The Kier molecular flexibility index (Phi) is 8.56. The number of likely N-dealkylation sites (N-methyl/N-ethyl adjacent to an activating group) is 1. The average molecular weight is 496 g/mol. The lowest BCUT2D eigenvalue weighted by Crippen LogP contribution is -2.58. The maximum absolute atomic E-state index is 13.0. The van der Waals surface area contributed by atoms with Crippen LogP contribution in [0.3, 0.4) is 0 Å². The molecule has 1 saturated heterocycles. The summed E-state index contributed by atoms with van der Waals surface area (Å²) in [6, 6.07) is 14.6. The predicted octanol–water partition coefficient (Wildman–Crippen LogP) is 1.87. The number of aliphatic hydroxyl groups is 1. The summed E-state index contributed by atoms with van der Waals surface area (Å²) in [6.45, 7) is 3.00. The number of carbonyl (C=O) groups excluding carboxylic acids is 3. The van der Waals surface area contributed by atoms with E-state index in [0.29, 0.717) is 37.6 Å². The summed E-state index contributed by atoms with van der Waals surface area (Å²) in [5.74, 6) is 0.665. The number of fused-ring (bicyclic) bond motifs is 5. The normalized spacial score (nSPS) is 21.2. The number of rotatable bonds is 3. The molecule has 2 aromatic carbocycles. The first-order chi connectivity index (χ1) is 17.4. The molecule has 2 heterocycles. The Labute approximate surface area is 211 Å². The van der Waals surface area contributed by atoms with Crippen LogP contribution in [0.25, 0.3) is 0 Å². The summed E-state index contributed by atoms with van der Waals surface area (Å²) < 4.78 is 12.3. The highest BCUT2D eigenvalue weighted by Gasteiger charge is 2.33. The van der Waals surface area contributed by atoms with Crippen molar-refractivity contribution in [1.29, 1.82) is 0 Å². The molecule has 2 aromatic rings. The van der Waals surface area contributed by atoms with E-state index in [4.69, 9.17) is 14.6 Å². The van der Waals surface area contributed by atoms with Gasteiger partial charge in [-0.25, -0.2) is 0 Å². The molecule has 2 aliphatic heterocycles. The minimum Gasteiger partial charge on any atom is -0.457 e. The lowest BCUT2D eigenvalue weighted by atomic mass is 10.0. The molecule has 0 aliphatic carbocycles. The van der Waals surface area contributed by atoms with Gasteiger partial charge >= 0.3 is 0 Å². The monoisotopic (exact) mass is 495 g/mol. The van der Waals surface area contributed by atoms with Crippen molar-refractivity contribution in [2.45, 2.75) is 44.9 Å². The van der Waals surface area contributed by atoms with E-state index in [1.165, 1.54) is 4.90 Å². The summed E-state index contributed by atoms with van der Waals surface area (Å²) in [5.41, 5.74) is 1.72. The van der Waals surface area contributed by atoms with E-state index in [0.717, 1.165) is 11.1 Å². The van der Waals surface area contributed by atoms with Crippen molar-refractivity contribution < 1.29 is 29.0 Å². The number of hydrogen-bond acceptors (Lipinski definition) is 6.